The van der Waals surface area contributed by atoms with Gasteiger partial charge in [0.1, 0.15) is 15.7 Å². The van der Waals surface area contributed by atoms with Gasteiger partial charge in [-0.3, -0.25) is 0 Å². The van der Waals surface area contributed by atoms with E-state index in [4.69, 9.17) is 20.8 Å². The van der Waals surface area contributed by atoms with Crippen molar-refractivity contribution < 1.29 is 5.11 Å². The summed E-state index contributed by atoms with van der Waals surface area (Å²) in [4.78, 5) is 1.96. The number of nitrogens with one attached hydrogen (secondary N) is 1. The van der Waals surface area contributed by atoms with Crippen LogP contribution in [0.5, 0.6) is 0 Å². The molecule has 0 aromatic rings. The van der Waals surface area contributed by atoms with Gasteiger partial charge >= 0.3 is 0 Å². The Bertz CT molecular complexity index is 92.1. The fourth-order valence-electron chi connectivity index (χ4n) is 0.480. The molecule has 0 amide bonds. The number of likely N-dealkylation sites (N-methyl/N-ethyl adjacent to an activating group) is 1. The van der Waals surface area contributed by atoms with Gasteiger partial charge in [-0.05, 0) is 14.1 Å². The van der Waals surface area contributed by atoms with Gasteiger partial charge < -0.3 is 15.3 Å². The van der Waals surface area contributed by atoms with E-state index in [0.29, 0.717) is 6.54 Å². The molecule has 0 fully saturated rings. The third-order valence-electron chi connectivity index (χ3n) is 0.967. The molecule has 0 heterocycles. The fourth-order valence-corrected chi connectivity index (χ4v) is 0.480. The van der Waals surface area contributed by atoms with Crippen molar-refractivity contribution >= 4 is 15.7 Å². The number of nitrogens with zero attached hydrogens (tertiary/aromatic N) is 1. The molecular weight excluding hydrogens is 126 g/mol. The Labute approximate surface area is 64.6 Å². The maximum Gasteiger partial charge on any atom is 0.120 e. The second kappa shape index (κ2) is 4.01. The van der Waals surface area contributed by atoms with Gasteiger partial charge in [-0.1, -0.05) is 0 Å². The van der Waals surface area contributed by atoms with Gasteiger partial charge in [0.25, 0.3) is 0 Å². The van der Waals surface area contributed by atoms with E-state index in [-0.39, 0.29) is 0 Å². The molecule has 2 N–H and O–H groups in total. The minimum absolute atomic E-state index is 0.566. The first-order chi connectivity index (χ1) is 4.42. The summed E-state index contributed by atoms with van der Waals surface area (Å²) in [6.45, 7) is 1.35. The predicted octanol–water partition coefficient (Wildman–Crippen LogP) is -1.92. The first-order valence-corrected chi connectivity index (χ1v) is 3.12. The van der Waals surface area contributed by atoms with E-state index in [0.717, 1.165) is 6.54 Å². The van der Waals surface area contributed by atoms with Crippen LogP contribution < -0.4 is 5.32 Å². The van der Waals surface area contributed by atoms with E-state index in [9.17, 15) is 0 Å². The summed E-state index contributed by atoms with van der Waals surface area (Å²) in [6, 6.07) is 0. The lowest BCUT2D eigenvalue weighted by Crippen LogP contribution is -2.48. The lowest BCUT2D eigenvalue weighted by atomic mass is 9.73. The molecule has 0 aliphatic carbocycles. The fraction of sp³-hybridized carbons (Fsp3) is 1.00. The average molecular weight is 138 g/mol. The Balaban J connectivity index is 3.21. The van der Waals surface area contributed by atoms with Gasteiger partial charge in [0.05, 0.1) is 0 Å². The van der Waals surface area contributed by atoms with Crippen LogP contribution in [0.1, 0.15) is 0 Å². The normalized spacial score (nSPS) is 12.4. The molecule has 0 aromatic carbocycles. The molecule has 0 aromatic heterocycles. The third kappa shape index (κ3) is 8.01. The maximum atomic E-state index is 8.76. The summed E-state index contributed by atoms with van der Waals surface area (Å²) >= 11 is 0. The molecule has 0 saturated carbocycles. The Hall–Kier alpha value is 0.00987. The van der Waals surface area contributed by atoms with Crippen molar-refractivity contribution in [3.63, 3.8) is 0 Å². The van der Waals surface area contributed by atoms with Gasteiger partial charge in [-0.25, -0.2) is 0 Å². The zero-order valence-electron chi connectivity index (χ0n) is 6.46. The van der Waals surface area contributed by atoms with Crippen molar-refractivity contribution in [2.24, 2.45) is 0 Å². The van der Waals surface area contributed by atoms with Crippen LogP contribution in [0, 0.1) is 0 Å². The molecule has 0 rings (SSSR count). The van der Waals surface area contributed by atoms with Crippen LogP contribution in [0.2, 0.25) is 0 Å². The van der Waals surface area contributed by atoms with Crippen LogP contribution in [0.4, 0.5) is 0 Å². The predicted molar refractivity (Wildman–Crippen MR) is 43.0 cm³/mol. The number of aliphatic hydroxyl groups is 1. The van der Waals surface area contributed by atoms with Crippen LogP contribution in [-0.4, -0.2) is 58.4 Å². The average Bonchev–Trinajstić information content (AvgIpc) is 1.59. The first kappa shape index (κ1) is 10.0. The van der Waals surface area contributed by atoms with Crippen molar-refractivity contribution in [1.29, 1.82) is 0 Å². The van der Waals surface area contributed by atoms with Gasteiger partial charge in [0.2, 0.25) is 0 Å². The zero-order valence-corrected chi connectivity index (χ0v) is 6.46. The van der Waals surface area contributed by atoms with Crippen LogP contribution in [0.25, 0.3) is 0 Å². The third-order valence-corrected chi connectivity index (χ3v) is 0.967. The van der Waals surface area contributed by atoms with Crippen LogP contribution in [-0.2, 0) is 0 Å². The van der Waals surface area contributed by atoms with Crippen molar-refractivity contribution in [3.05, 3.63) is 0 Å². The summed E-state index contributed by atoms with van der Waals surface area (Å²) in [6.07, 6.45) is 0. The Morgan fingerprint density at radius 3 is 2.30 bits per heavy atom. The number of rotatable bonds is 4. The standard InChI is InChI=1S/C5H12B2N2O/c1-9(2)4-3-8-5(6,7)10/h8,10H,3-4H2,1-2H3. The molecule has 4 radical (unpaired) electrons. The molecule has 5 heteroatoms. The largest absolute Gasteiger partial charge is 0.395 e. The minimum Gasteiger partial charge on any atom is -0.395 e. The lowest BCUT2D eigenvalue weighted by molar-refractivity contribution is 0.170. The lowest BCUT2D eigenvalue weighted by Gasteiger charge is -2.21. The van der Waals surface area contributed by atoms with E-state index in [1.165, 1.54) is 0 Å². The molecule has 0 unspecified atom stereocenters. The number of hydrogen-bond donors (Lipinski definition) is 2. The zero-order chi connectivity index (χ0) is 8.20. The van der Waals surface area contributed by atoms with Gasteiger partial charge in [0.15, 0.2) is 0 Å². The molecule has 10 heavy (non-hydrogen) atoms. The van der Waals surface area contributed by atoms with Crippen molar-refractivity contribution in [3.8, 4) is 0 Å². The van der Waals surface area contributed by atoms with Crippen molar-refractivity contribution in [1.82, 2.24) is 10.2 Å². The van der Waals surface area contributed by atoms with E-state index in [2.05, 4.69) is 5.32 Å². The second-order valence-corrected chi connectivity index (χ2v) is 2.56. The molecule has 3 nitrogen and oxygen atoms in total. The van der Waals surface area contributed by atoms with Crippen LogP contribution >= 0.6 is 0 Å². The van der Waals surface area contributed by atoms with E-state index >= 15 is 0 Å². The Kier molecular flexibility index (Phi) is 4.01. The SMILES string of the molecule is [B]C([B])(O)NCCN(C)C. The number of hydrogen-bond acceptors (Lipinski definition) is 3. The second-order valence-electron chi connectivity index (χ2n) is 2.56. The monoisotopic (exact) mass is 138 g/mol. The summed E-state index contributed by atoms with van der Waals surface area (Å²) in [5, 5.41) is 11.3. The highest BCUT2D eigenvalue weighted by Gasteiger charge is 2.08. The summed E-state index contributed by atoms with van der Waals surface area (Å²) in [7, 11) is 13.9. The van der Waals surface area contributed by atoms with E-state index in [1.807, 2.05) is 19.0 Å². The molecular formula is C5H12B2N2O. The minimum atomic E-state index is -1.74. The van der Waals surface area contributed by atoms with Crippen molar-refractivity contribution in [2.75, 3.05) is 27.2 Å². The van der Waals surface area contributed by atoms with Gasteiger partial charge in [0, 0.05) is 18.6 Å². The Morgan fingerprint density at radius 2 is 2.00 bits per heavy atom. The summed E-state index contributed by atoms with van der Waals surface area (Å²) in [5.41, 5.74) is -1.74. The quantitative estimate of drug-likeness (QED) is 0.351. The molecule has 0 saturated heterocycles. The first-order valence-electron chi connectivity index (χ1n) is 3.12. The van der Waals surface area contributed by atoms with Gasteiger partial charge in [-0.2, -0.15) is 0 Å². The highest BCUT2D eigenvalue weighted by atomic mass is 16.3. The smallest absolute Gasteiger partial charge is 0.120 e. The molecule has 0 bridgehead atoms. The maximum absolute atomic E-state index is 8.76. The highest BCUT2D eigenvalue weighted by Crippen LogP contribution is 1.81. The van der Waals surface area contributed by atoms with Gasteiger partial charge in [-0.15, -0.1) is 0 Å². The molecule has 0 aliphatic heterocycles. The summed E-state index contributed by atoms with van der Waals surface area (Å²) < 4.78 is 0. The summed E-state index contributed by atoms with van der Waals surface area (Å²) in [5.74, 6) is 0. The topological polar surface area (TPSA) is 35.5 Å². The van der Waals surface area contributed by atoms with Crippen LogP contribution in [0.3, 0.4) is 0 Å². The Morgan fingerprint density at radius 1 is 1.50 bits per heavy atom. The molecule has 54 valence electrons. The highest BCUT2D eigenvalue weighted by molar-refractivity contribution is 6.38. The van der Waals surface area contributed by atoms with E-state index in [1.54, 1.807) is 0 Å². The van der Waals surface area contributed by atoms with Crippen molar-refractivity contribution in [2.45, 2.75) is 5.52 Å². The molecule has 0 aliphatic rings. The van der Waals surface area contributed by atoms with E-state index < -0.39 is 5.52 Å². The molecule has 0 spiro atoms. The van der Waals surface area contributed by atoms with Crippen LogP contribution in [0.15, 0.2) is 0 Å². The molecule has 0 atom stereocenters.